The van der Waals surface area contributed by atoms with Crippen LogP contribution in [0.25, 0.3) is 11.4 Å². The van der Waals surface area contributed by atoms with E-state index in [1.165, 1.54) is 19.1 Å². The molecule has 0 saturated heterocycles. The van der Waals surface area contributed by atoms with Crippen molar-refractivity contribution in [3.8, 4) is 22.9 Å². The molecule has 3 aromatic rings. The van der Waals surface area contributed by atoms with Crippen LogP contribution in [-0.2, 0) is 6.54 Å². The number of amides is 1. The molecule has 3 rings (SSSR count). The number of nitrogens with zero attached hydrogens (tertiary/aromatic N) is 3. The van der Waals surface area contributed by atoms with E-state index in [0.29, 0.717) is 33.5 Å². The first-order valence-corrected chi connectivity index (χ1v) is 8.47. The first-order chi connectivity index (χ1) is 13.0. The average molecular weight is 388 g/mol. The SMILES string of the molecule is COc1cccc(OC)c1C(=O)N(C)Cc1nc(-c2ccccc2Cl)no1. The van der Waals surface area contributed by atoms with Gasteiger partial charge in [-0.3, -0.25) is 4.79 Å². The minimum atomic E-state index is -0.290. The number of methoxy groups -OCH3 is 2. The Labute approximate surface area is 161 Å². The molecule has 0 aliphatic carbocycles. The summed E-state index contributed by atoms with van der Waals surface area (Å²) in [5, 5.41) is 4.46. The van der Waals surface area contributed by atoms with E-state index in [0.717, 1.165) is 0 Å². The molecule has 0 spiro atoms. The summed E-state index contributed by atoms with van der Waals surface area (Å²) in [7, 11) is 4.63. The highest BCUT2D eigenvalue weighted by Gasteiger charge is 2.23. The number of carbonyl (C=O) groups is 1. The summed E-state index contributed by atoms with van der Waals surface area (Å²) in [4.78, 5) is 18.7. The fourth-order valence-electron chi connectivity index (χ4n) is 2.60. The second-order valence-electron chi connectivity index (χ2n) is 5.69. The van der Waals surface area contributed by atoms with Gasteiger partial charge in [0.25, 0.3) is 5.91 Å². The van der Waals surface area contributed by atoms with Crippen molar-refractivity contribution in [2.75, 3.05) is 21.3 Å². The molecule has 2 aromatic carbocycles. The molecule has 0 unspecified atom stereocenters. The van der Waals surface area contributed by atoms with E-state index in [2.05, 4.69) is 10.1 Å². The molecule has 0 atom stereocenters. The van der Waals surface area contributed by atoms with Crippen LogP contribution in [0.2, 0.25) is 5.02 Å². The Morgan fingerprint density at radius 2 is 1.78 bits per heavy atom. The Bertz CT molecular complexity index is 935. The van der Waals surface area contributed by atoms with Crippen LogP contribution in [0, 0.1) is 0 Å². The number of ether oxygens (including phenoxy) is 2. The van der Waals surface area contributed by atoms with Gasteiger partial charge in [-0.2, -0.15) is 4.98 Å². The summed E-state index contributed by atoms with van der Waals surface area (Å²) in [5.74, 6) is 1.21. The van der Waals surface area contributed by atoms with Crippen LogP contribution in [0.4, 0.5) is 0 Å². The molecule has 0 N–H and O–H groups in total. The van der Waals surface area contributed by atoms with E-state index < -0.39 is 0 Å². The lowest BCUT2D eigenvalue weighted by atomic mass is 10.1. The molecule has 0 radical (unpaired) electrons. The highest BCUT2D eigenvalue weighted by molar-refractivity contribution is 6.33. The normalized spacial score (nSPS) is 10.5. The molecule has 0 bridgehead atoms. The van der Waals surface area contributed by atoms with Crippen molar-refractivity contribution < 1.29 is 18.8 Å². The van der Waals surface area contributed by atoms with Crippen LogP contribution in [0.15, 0.2) is 47.0 Å². The van der Waals surface area contributed by atoms with Gasteiger partial charge < -0.3 is 18.9 Å². The summed E-state index contributed by atoms with van der Waals surface area (Å²) in [5.41, 5.74) is 0.991. The maximum absolute atomic E-state index is 12.9. The predicted octanol–water partition coefficient (Wildman–Crippen LogP) is 3.68. The van der Waals surface area contributed by atoms with Gasteiger partial charge in [0, 0.05) is 12.6 Å². The number of rotatable bonds is 6. The standard InChI is InChI=1S/C19H18ClN3O4/c1-23(19(24)17-14(25-2)9-6-10-15(17)26-3)11-16-21-18(22-27-16)12-7-4-5-8-13(12)20/h4-10H,11H2,1-3H3. The van der Waals surface area contributed by atoms with Crippen LogP contribution in [0.5, 0.6) is 11.5 Å². The molecular formula is C19H18ClN3O4. The van der Waals surface area contributed by atoms with Crippen molar-refractivity contribution in [2.45, 2.75) is 6.54 Å². The summed E-state index contributed by atoms with van der Waals surface area (Å²) in [6.45, 7) is 0.123. The summed E-state index contributed by atoms with van der Waals surface area (Å²) < 4.78 is 15.8. The third-order valence-electron chi connectivity index (χ3n) is 3.94. The maximum atomic E-state index is 12.9. The number of hydrogen-bond acceptors (Lipinski definition) is 6. The Kier molecular flexibility index (Phi) is 5.61. The second-order valence-corrected chi connectivity index (χ2v) is 6.10. The summed E-state index contributed by atoms with van der Waals surface area (Å²) in [6.07, 6.45) is 0. The maximum Gasteiger partial charge on any atom is 0.261 e. The Morgan fingerprint density at radius 3 is 2.41 bits per heavy atom. The molecular weight excluding hydrogens is 370 g/mol. The van der Waals surface area contributed by atoms with Gasteiger partial charge in [-0.25, -0.2) is 0 Å². The number of benzene rings is 2. The minimum absolute atomic E-state index is 0.123. The van der Waals surface area contributed by atoms with E-state index in [1.807, 2.05) is 12.1 Å². The van der Waals surface area contributed by atoms with Gasteiger partial charge in [0.1, 0.15) is 23.6 Å². The minimum Gasteiger partial charge on any atom is -0.496 e. The summed E-state index contributed by atoms with van der Waals surface area (Å²) in [6, 6.07) is 12.3. The molecule has 27 heavy (non-hydrogen) atoms. The number of hydrogen-bond donors (Lipinski definition) is 0. The van der Waals surface area contributed by atoms with Crippen molar-refractivity contribution in [3.05, 3.63) is 58.9 Å². The zero-order valence-electron chi connectivity index (χ0n) is 15.1. The van der Waals surface area contributed by atoms with Gasteiger partial charge >= 0.3 is 0 Å². The molecule has 0 saturated carbocycles. The van der Waals surface area contributed by atoms with Gasteiger partial charge in [0.05, 0.1) is 19.2 Å². The van der Waals surface area contributed by atoms with E-state index in [-0.39, 0.29) is 18.3 Å². The zero-order chi connectivity index (χ0) is 19.4. The van der Waals surface area contributed by atoms with Crippen LogP contribution in [-0.4, -0.2) is 42.2 Å². The lowest BCUT2D eigenvalue weighted by molar-refractivity contribution is 0.0762. The van der Waals surface area contributed by atoms with Crippen molar-refractivity contribution in [3.63, 3.8) is 0 Å². The van der Waals surface area contributed by atoms with Gasteiger partial charge in [0.15, 0.2) is 0 Å². The van der Waals surface area contributed by atoms with Gasteiger partial charge in [0.2, 0.25) is 11.7 Å². The number of aromatic nitrogens is 2. The zero-order valence-corrected chi connectivity index (χ0v) is 15.9. The van der Waals surface area contributed by atoms with E-state index in [9.17, 15) is 4.79 Å². The predicted molar refractivity (Wildman–Crippen MR) is 100 cm³/mol. The highest BCUT2D eigenvalue weighted by Crippen LogP contribution is 2.30. The van der Waals surface area contributed by atoms with Crippen LogP contribution in [0.3, 0.4) is 0 Å². The highest BCUT2D eigenvalue weighted by atomic mass is 35.5. The lowest BCUT2D eigenvalue weighted by Crippen LogP contribution is -2.27. The molecule has 1 amide bonds. The fraction of sp³-hybridized carbons (Fsp3) is 0.211. The smallest absolute Gasteiger partial charge is 0.261 e. The van der Waals surface area contributed by atoms with Crippen molar-refractivity contribution >= 4 is 17.5 Å². The van der Waals surface area contributed by atoms with E-state index >= 15 is 0 Å². The molecule has 0 fully saturated rings. The summed E-state index contributed by atoms with van der Waals surface area (Å²) >= 11 is 6.16. The molecule has 0 aliphatic rings. The Morgan fingerprint density at radius 1 is 1.11 bits per heavy atom. The number of carbonyl (C=O) groups excluding carboxylic acids is 1. The van der Waals surface area contributed by atoms with Crippen LogP contribution >= 0.6 is 11.6 Å². The van der Waals surface area contributed by atoms with Crippen LogP contribution in [0.1, 0.15) is 16.2 Å². The number of halogens is 1. The first-order valence-electron chi connectivity index (χ1n) is 8.09. The second kappa shape index (κ2) is 8.09. The lowest BCUT2D eigenvalue weighted by Gasteiger charge is -2.18. The van der Waals surface area contributed by atoms with Crippen LogP contribution < -0.4 is 9.47 Å². The topological polar surface area (TPSA) is 77.7 Å². The Hall–Kier alpha value is -3.06. The van der Waals surface area contributed by atoms with Gasteiger partial charge in [-0.15, -0.1) is 0 Å². The third-order valence-corrected chi connectivity index (χ3v) is 4.27. The molecule has 0 aliphatic heterocycles. The Balaban J connectivity index is 1.82. The monoisotopic (exact) mass is 387 g/mol. The average Bonchev–Trinajstić information content (AvgIpc) is 3.15. The molecule has 140 valence electrons. The fourth-order valence-corrected chi connectivity index (χ4v) is 2.82. The first kappa shape index (κ1) is 18.7. The third kappa shape index (κ3) is 3.88. The molecule has 7 nitrogen and oxygen atoms in total. The van der Waals surface area contributed by atoms with Crippen molar-refractivity contribution in [1.82, 2.24) is 15.0 Å². The van der Waals surface area contributed by atoms with Crippen molar-refractivity contribution in [1.29, 1.82) is 0 Å². The molecule has 8 heteroatoms. The van der Waals surface area contributed by atoms with E-state index in [4.69, 9.17) is 25.6 Å². The van der Waals surface area contributed by atoms with Gasteiger partial charge in [-0.05, 0) is 24.3 Å². The van der Waals surface area contributed by atoms with Gasteiger partial charge in [-0.1, -0.05) is 35.0 Å². The van der Waals surface area contributed by atoms with Crippen molar-refractivity contribution in [2.24, 2.45) is 0 Å². The largest absolute Gasteiger partial charge is 0.496 e. The molecule has 1 heterocycles. The quantitative estimate of drug-likeness (QED) is 0.642. The molecule has 1 aromatic heterocycles. The van der Waals surface area contributed by atoms with E-state index in [1.54, 1.807) is 37.4 Å².